The van der Waals surface area contributed by atoms with Gasteiger partial charge in [0.05, 0.1) is 10.5 Å². The molecule has 5 nitrogen and oxygen atoms in total. The van der Waals surface area contributed by atoms with E-state index in [0.717, 1.165) is 5.56 Å². The zero-order chi connectivity index (χ0) is 14.7. The topological polar surface area (TPSA) is 69.4 Å². The van der Waals surface area contributed by atoms with Crippen molar-refractivity contribution in [3.8, 4) is 11.5 Å². The van der Waals surface area contributed by atoms with E-state index < -0.39 is 4.92 Å². The largest absolute Gasteiger partial charge is 0.456 e. The van der Waals surface area contributed by atoms with E-state index in [9.17, 15) is 14.9 Å². The highest BCUT2D eigenvalue weighted by atomic mass is 35.5. The second kappa shape index (κ2) is 5.71. The molecule has 0 heterocycles. The smallest absolute Gasteiger partial charge is 0.270 e. The van der Waals surface area contributed by atoms with Crippen LogP contribution < -0.4 is 4.74 Å². The van der Waals surface area contributed by atoms with Gasteiger partial charge >= 0.3 is 0 Å². The Labute approximate surface area is 119 Å². The van der Waals surface area contributed by atoms with Crippen LogP contribution in [0.2, 0.25) is 5.02 Å². The summed E-state index contributed by atoms with van der Waals surface area (Å²) in [6, 6.07) is 8.92. The van der Waals surface area contributed by atoms with Crippen molar-refractivity contribution in [3.05, 3.63) is 62.7 Å². The van der Waals surface area contributed by atoms with Crippen LogP contribution in [0.4, 0.5) is 5.69 Å². The molecule has 0 aliphatic heterocycles. The van der Waals surface area contributed by atoms with Crippen LogP contribution in [0.25, 0.3) is 0 Å². The number of aryl methyl sites for hydroxylation is 1. The molecule has 2 aromatic carbocycles. The summed E-state index contributed by atoms with van der Waals surface area (Å²) < 4.78 is 5.61. The Bertz CT molecular complexity index is 685. The third-order valence-electron chi connectivity index (χ3n) is 2.69. The number of ether oxygens (including phenoxy) is 1. The average molecular weight is 292 g/mol. The summed E-state index contributed by atoms with van der Waals surface area (Å²) in [6.45, 7) is 1.81. The van der Waals surface area contributed by atoms with Crippen molar-refractivity contribution in [3.63, 3.8) is 0 Å². The minimum absolute atomic E-state index is 0.119. The summed E-state index contributed by atoms with van der Waals surface area (Å²) in [5, 5.41) is 11.2. The third kappa shape index (κ3) is 2.95. The molecule has 0 saturated carbocycles. The number of benzene rings is 2. The van der Waals surface area contributed by atoms with Crippen LogP contribution in [0.5, 0.6) is 11.5 Å². The van der Waals surface area contributed by atoms with Crippen LogP contribution >= 0.6 is 11.6 Å². The number of aldehydes is 1. The molecule has 2 rings (SSSR count). The summed E-state index contributed by atoms with van der Waals surface area (Å²) in [6.07, 6.45) is 0.521. The van der Waals surface area contributed by atoms with Crippen molar-refractivity contribution in [1.29, 1.82) is 0 Å². The monoisotopic (exact) mass is 291 g/mol. The van der Waals surface area contributed by atoms with E-state index in [0.29, 0.717) is 17.1 Å². The Morgan fingerprint density at radius 3 is 2.50 bits per heavy atom. The maximum Gasteiger partial charge on any atom is 0.270 e. The van der Waals surface area contributed by atoms with Crippen LogP contribution in [-0.4, -0.2) is 11.2 Å². The van der Waals surface area contributed by atoms with E-state index in [1.165, 1.54) is 18.2 Å². The minimum Gasteiger partial charge on any atom is -0.456 e. The molecule has 0 bridgehead atoms. The molecule has 0 radical (unpaired) electrons. The quantitative estimate of drug-likeness (QED) is 0.482. The Morgan fingerprint density at radius 1 is 1.20 bits per heavy atom. The van der Waals surface area contributed by atoms with Crippen LogP contribution in [-0.2, 0) is 0 Å². The molecule has 6 heteroatoms. The highest BCUT2D eigenvalue weighted by Crippen LogP contribution is 2.30. The van der Waals surface area contributed by atoms with Crippen molar-refractivity contribution in [2.75, 3.05) is 0 Å². The van der Waals surface area contributed by atoms with Crippen molar-refractivity contribution >= 4 is 23.6 Å². The standard InChI is InChI=1S/C14H10ClNO4/c1-9-6-11(15)2-4-13(9)20-14-5-3-12(16(18)19)7-10(14)8-17/h2-8H,1H3. The molecule has 0 fully saturated rings. The van der Waals surface area contributed by atoms with E-state index in [1.807, 2.05) is 6.92 Å². The molecule has 0 atom stereocenters. The zero-order valence-electron chi connectivity index (χ0n) is 10.5. The fourth-order valence-electron chi connectivity index (χ4n) is 1.68. The second-order valence-electron chi connectivity index (χ2n) is 4.11. The number of nitrogens with zero attached hydrogens (tertiary/aromatic N) is 1. The SMILES string of the molecule is Cc1cc(Cl)ccc1Oc1ccc([N+](=O)[O-])cc1C=O. The molecular weight excluding hydrogens is 282 g/mol. The summed E-state index contributed by atoms with van der Waals surface area (Å²) >= 11 is 5.85. The van der Waals surface area contributed by atoms with E-state index in [2.05, 4.69) is 0 Å². The first-order chi connectivity index (χ1) is 9.51. The molecule has 0 aliphatic carbocycles. The first-order valence-corrected chi connectivity index (χ1v) is 6.06. The van der Waals surface area contributed by atoms with Gasteiger partial charge in [-0.3, -0.25) is 14.9 Å². The van der Waals surface area contributed by atoms with Crippen LogP contribution in [0.1, 0.15) is 15.9 Å². The number of non-ortho nitro benzene ring substituents is 1. The Balaban J connectivity index is 2.38. The number of rotatable bonds is 4. The number of halogens is 1. The minimum atomic E-state index is -0.565. The molecule has 0 unspecified atom stereocenters. The fourth-order valence-corrected chi connectivity index (χ4v) is 1.91. The van der Waals surface area contributed by atoms with E-state index >= 15 is 0 Å². The molecule has 0 N–H and O–H groups in total. The summed E-state index contributed by atoms with van der Waals surface area (Å²) in [5.41, 5.74) is 0.758. The van der Waals surface area contributed by atoms with Gasteiger partial charge in [-0.15, -0.1) is 0 Å². The van der Waals surface area contributed by atoms with Gasteiger partial charge in [-0.1, -0.05) is 11.6 Å². The highest BCUT2D eigenvalue weighted by Gasteiger charge is 2.12. The normalized spacial score (nSPS) is 10.1. The van der Waals surface area contributed by atoms with E-state index in [1.54, 1.807) is 18.2 Å². The number of nitro benzene ring substituents is 1. The Hall–Kier alpha value is -2.40. The summed E-state index contributed by atoms with van der Waals surface area (Å²) in [4.78, 5) is 21.1. The van der Waals surface area contributed by atoms with Gasteiger partial charge in [-0.2, -0.15) is 0 Å². The lowest BCUT2D eigenvalue weighted by molar-refractivity contribution is -0.384. The number of hydrogen-bond acceptors (Lipinski definition) is 4. The average Bonchev–Trinajstić information content (AvgIpc) is 2.42. The fraction of sp³-hybridized carbons (Fsp3) is 0.0714. The summed E-state index contributed by atoms with van der Waals surface area (Å²) in [7, 11) is 0. The predicted octanol–water partition coefficient (Wildman–Crippen LogP) is 4.16. The van der Waals surface area contributed by atoms with Crippen molar-refractivity contribution in [2.24, 2.45) is 0 Å². The van der Waals surface area contributed by atoms with Crippen LogP contribution in [0.15, 0.2) is 36.4 Å². The molecule has 2 aromatic rings. The molecule has 0 aliphatic rings. The lowest BCUT2D eigenvalue weighted by Gasteiger charge is -2.10. The first-order valence-electron chi connectivity index (χ1n) is 5.69. The van der Waals surface area contributed by atoms with E-state index in [-0.39, 0.29) is 17.0 Å². The summed E-state index contributed by atoms with van der Waals surface area (Å²) in [5.74, 6) is 0.794. The lowest BCUT2D eigenvalue weighted by Crippen LogP contribution is -1.95. The highest BCUT2D eigenvalue weighted by molar-refractivity contribution is 6.30. The Kier molecular flexibility index (Phi) is 4.00. The number of carbonyl (C=O) groups is 1. The molecule has 102 valence electrons. The van der Waals surface area contributed by atoms with E-state index in [4.69, 9.17) is 16.3 Å². The van der Waals surface area contributed by atoms with Crippen molar-refractivity contribution in [2.45, 2.75) is 6.92 Å². The molecule has 0 saturated heterocycles. The number of nitro groups is 1. The van der Waals surface area contributed by atoms with Gasteiger partial charge in [0.2, 0.25) is 0 Å². The van der Waals surface area contributed by atoms with Crippen LogP contribution in [0, 0.1) is 17.0 Å². The van der Waals surface area contributed by atoms with Gasteiger partial charge in [-0.25, -0.2) is 0 Å². The molecular formula is C14H10ClNO4. The number of carbonyl (C=O) groups excluding carboxylic acids is 1. The maximum absolute atomic E-state index is 11.0. The predicted molar refractivity (Wildman–Crippen MR) is 74.7 cm³/mol. The molecule has 0 amide bonds. The number of hydrogen-bond donors (Lipinski definition) is 0. The Morgan fingerprint density at radius 2 is 1.90 bits per heavy atom. The van der Waals surface area contributed by atoms with Gasteiger partial charge in [-0.05, 0) is 36.8 Å². The van der Waals surface area contributed by atoms with Crippen LogP contribution in [0.3, 0.4) is 0 Å². The third-order valence-corrected chi connectivity index (χ3v) is 2.92. The van der Waals surface area contributed by atoms with Crippen molar-refractivity contribution < 1.29 is 14.5 Å². The molecule has 0 spiro atoms. The zero-order valence-corrected chi connectivity index (χ0v) is 11.3. The van der Waals surface area contributed by atoms with Gasteiger partial charge in [0, 0.05) is 17.2 Å². The molecule has 0 aromatic heterocycles. The molecule has 20 heavy (non-hydrogen) atoms. The maximum atomic E-state index is 11.0. The second-order valence-corrected chi connectivity index (χ2v) is 4.55. The van der Waals surface area contributed by atoms with Crippen molar-refractivity contribution in [1.82, 2.24) is 0 Å². The van der Waals surface area contributed by atoms with Gasteiger partial charge < -0.3 is 4.74 Å². The van der Waals surface area contributed by atoms with Gasteiger partial charge in [0.15, 0.2) is 6.29 Å². The lowest BCUT2D eigenvalue weighted by atomic mass is 10.2. The van der Waals surface area contributed by atoms with Gasteiger partial charge in [0.25, 0.3) is 5.69 Å². The van der Waals surface area contributed by atoms with Gasteiger partial charge in [0.1, 0.15) is 11.5 Å². The first kappa shape index (κ1) is 14.0.